The zero-order valence-corrected chi connectivity index (χ0v) is 23.9. The van der Waals surface area contributed by atoms with Crippen molar-refractivity contribution in [3.05, 3.63) is 17.2 Å². The first-order valence-electron chi connectivity index (χ1n) is 12.4. The molecule has 1 heterocycles. The van der Waals surface area contributed by atoms with Crippen LogP contribution in [0.25, 0.3) is 0 Å². The summed E-state index contributed by atoms with van der Waals surface area (Å²) in [4.78, 5) is 2.52. The third-order valence-electron chi connectivity index (χ3n) is 7.59. The molecular formula is C26H47NO2Sn. The summed E-state index contributed by atoms with van der Waals surface area (Å²) in [6.07, 6.45) is 8.96. The van der Waals surface area contributed by atoms with Gasteiger partial charge in [-0.3, -0.25) is 0 Å². The van der Waals surface area contributed by atoms with Gasteiger partial charge in [-0.1, -0.05) is 0 Å². The van der Waals surface area contributed by atoms with Gasteiger partial charge in [0.15, 0.2) is 0 Å². The van der Waals surface area contributed by atoms with Crippen molar-refractivity contribution in [3.63, 3.8) is 0 Å². The number of likely N-dealkylation sites (N-methyl/N-ethyl adjacent to an activating group) is 1. The van der Waals surface area contributed by atoms with Crippen molar-refractivity contribution in [3.8, 4) is 11.5 Å². The molecule has 2 rings (SSSR count). The fraction of sp³-hybridized carbons (Fsp3) is 0.769. The van der Waals surface area contributed by atoms with E-state index in [1.54, 1.807) is 3.58 Å². The molecule has 0 saturated carbocycles. The molecule has 1 aromatic carbocycles. The number of hydrogen-bond acceptors (Lipinski definition) is 3. The molecule has 3 nitrogen and oxygen atoms in total. The Balaban J connectivity index is 2.77. The molecule has 30 heavy (non-hydrogen) atoms. The van der Waals surface area contributed by atoms with Gasteiger partial charge in [0, 0.05) is 0 Å². The molecule has 0 radical (unpaired) electrons. The van der Waals surface area contributed by atoms with Gasteiger partial charge in [-0.05, 0) is 0 Å². The Hall–Kier alpha value is -0.421. The molecule has 0 aliphatic carbocycles. The van der Waals surface area contributed by atoms with E-state index in [1.807, 2.05) is 14.2 Å². The van der Waals surface area contributed by atoms with E-state index in [1.165, 1.54) is 68.7 Å². The Kier molecular flexibility index (Phi) is 10.3. The molecular weight excluding hydrogens is 477 g/mol. The summed E-state index contributed by atoms with van der Waals surface area (Å²) < 4.78 is 18.3. The standard InChI is InChI=1S/C14H20NO2.3C4H9.Sn/c1-9-6-11-7-12(16-4)8-13(17-5)14(11)10(2)15(9)3;3*1-3-4-2;/h7,9-10H,6H2,1-5H3;3*1,3-4H2,2H3;/t9-,10+;;;;/m0..../s1. The summed E-state index contributed by atoms with van der Waals surface area (Å²) >= 11 is -2.73. The van der Waals surface area contributed by atoms with Crippen LogP contribution in [-0.4, -0.2) is 50.6 Å². The number of benzene rings is 1. The van der Waals surface area contributed by atoms with Crippen LogP contribution < -0.4 is 13.1 Å². The molecule has 4 heteroatoms. The maximum atomic E-state index is 6.33. The van der Waals surface area contributed by atoms with Crippen molar-refractivity contribution < 1.29 is 9.47 Å². The normalized spacial score (nSPS) is 19.6. The summed E-state index contributed by atoms with van der Waals surface area (Å²) in [6, 6.07) is 3.33. The Labute approximate surface area is 190 Å². The van der Waals surface area contributed by atoms with Crippen LogP contribution in [0.4, 0.5) is 0 Å². The Bertz CT molecular complexity index is 654. The molecule has 1 aromatic rings. The second-order valence-electron chi connectivity index (χ2n) is 9.55. The molecule has 0 unspecified atom stereocenters. The SMILES string of the molecule is CCC[CH2][Sn]([CH2]CCC)([CH2]CCC)[c]1c(OC)cc2c(c1OC)[C@@H](C)N(C)[C@@H](C)C2. The average Bonchev–Trinajstić information content (AvgIpc) is 2.76. The number of unbranched alkanes of at least 4 members (excludes halogenated alkanes) is 3. The van der Waals surface area contributed by atoms with Gasteiger partial charge in [-0.15, -0.1) is 0 Å². The van der Waals surface area contributed by atoms with Crippen molar-refractivity contribution in [2.24, 2.45) is 0 Å². The van der Waals surface area contributed by atoms with Crippen LogP contribution in [0.5, 0.6) is 11.5 Å². The Morgan fingerprint density at radius 2 is 1.47 bits per heavy atom. The van der Waals surface area contributed by atoms with Crippen LogP contribution in [0, 0.1) is 0 Å². The number of ether oxygens (including phenoxy) is 2. The van der Waals surface area contributed by atoms with Gasteiger partial charge in [0.05, 0.1) is 0 Å². The predicted octanol–water partition coefficient (Wildman–Crippen LogP) is 6.70. The first kappa shape index (κ1) is 25.8. The maximum absolute atomic E-state index is 6.33. The quantitative estimate of drug-likeness (QED) is 0.284. The molecule has 0 bridgehead atoms. The monoisotopic (exact) mass is 525 g/mol. The van der Waals surface area contributed by atoms with Gasteiger partial charge in [0.25, 0.3) is 0 Å². The van der Waals surface area contributed by atoms with Gasteiger partial charge < -0.3 is 0 Å². The molecule has 0 saturated heterocycles. The Morgan fingerprint density at radius 3 is 1.90 bits per heavy atom. The average molecular weight is 524 g/mol. The minimum atomic E-state index is -2.73. The third kappa shape index (κ3) is 5.31. The predicted molar refractivity (Wildman–Crippen MR) is 133 cm³/mol. The fourth-order valence-corrected chi connectivity index (χ4v) is 22.7. The second-order valence-corrected chi connectivity index (χ2v) is 22.6. The number of nitrogens with zero attached hydrogens (tertiary/aromatic N) is 1. The van der Waals surface area contributed by atoms with E-state index in [2.05, 4.69) is 52.6 Å². The molecule has 0 spiro atoms. The van der Waals surface area contributed by atoms with Crippen LogP contribution in [0.3, 0.4) is 0 Å². The molecule has 1 aliphatic rings. The van der Waals surface area contributed by atoms with Gasteiger partial charge >= 0.3 is 191 Å². The summed E-state index contributed by atoms with van der Waals surface area (Å²) in [5.41, 5.74) is 2.88. The van der Waals surface area contributed by atoms with E-state index in [0.29, 0.717) is 12.1 Å². The van der Waals surface area contributed by atoms with Crippen molar-refractivity contribution in [1.82, 2.24) is 4.90 Å². The molecule has 1 aliphatic heterocycles. The third-order valence-corrected chi connectivity index (χ3v) is 23.2. The molecule has 0 N–H and O–H groups in total. The second kappa shape index (κ2) is 12.0. The summed E-state index contributed by atoms with van der Waals surface area (Å²) in [6.45, 7) is 11.7. The number of hydrogen-bond donors (Lipinski definition) is 0. The van der Waals surface area contributed by atoms with Crippen LogP contribution in [-0.2, 0) is 6.42 Å². The minimum absolute atomic E-state index is 0.385. The van der Waals surface area contributed by atoms with Crippen molar-refractivity contribution in [1.29, 1.82) is 0 Å². The Morgan fingerprint density at radius 1 is 0.933 bits per heavy atom. The number of rotatable bonds is 12. The van der Waals surface area contributed by atoms with Crippen LogP contribution >= 0.6 is 0 Å². The van der Waals surface area contributed by atoms with Crippen molar-refractivity contribution in [2.45, 2.75) is 105 Å². The molecule has 0 amide bonds. The van der Waals surface area contributed by atoms with Gasteiger partial charge in [-0.25, -0.2) is 0 Å². The number of fused-ring (bicyclic) bond motifs is 1. The van der Waals surface area contributed by atoms with E-state index in [0.717, 1.165) is 12.2 Å². The zero-order chi connectivity index (χ0) is 22.3. The summed E-state index contributed by atoms with van der Waals surface area (Å²) in [5.74, 6) is 2.35. The van der Waals surface area contributed by atoms with Crippen molar-refractivity contribution >= 4 is 22.0 Å². The van der Waals surface area contributed by atoms with Crippen LogP contribution in [0.2, 0.25) is 13.3 Å². The fourth-order valence-electron chi connectivity index (χ4n) is 5.55. The van der Waals surface area contributed by atoms with Gasteiger partial charge in [-0.2, -0.15) is 0 Å². The topological polar surface area (TPSA) is 21.7 Å². The number of methoxy groups -OCH3 is 2. The van der Waals surface area contributed by atoms with E-state index in [-0.39, 0.29) is 0 Å². The zero-order valence-electron chi connectivity index (χ0n) is 21.1. The first-order chi connectivity index (χ1) is 14.4. The van der Waals surface area contributed by atoms with Crippen LogP contribution in [0.1, 0.15) is 90.3 Å². The van der Waals surface area contributed by atoms with E-state index in [4.69, 9.17) is 9.47 Å². The van der Waals surface area contributed by atoms with E-state index in [9.17, 15) is 0 Å². The van der Waals surface area contributed by atoms with E-state index >= 15 is 0 Å². The van der Waals surface area contributed by atoms with E-state index < -0.39 is 18.4 Å². The first-order valence-corrected chi connectivity index (χ1v) is 19.9. The van der Waals surface area contributed by atoms with Crippen LogP contribution in [0.15, 0.2) is 6.07 Å². The molecule has 172 valence electrons. The van der Waals surface area contributed by atoms with Gasteiger partial charge in [0.1, 0.15) is 0 Å². The van der Waals surface area contributed by atoms with Gasteiger partial charge in [0.2, 0.25) is 0 Å². The van der Waals surface area contributed by atoms with Crippen molar-refractivity contribution in [2.75, 3.05) is 21.3 Å². The summed E-state index contributed by atoms with van der Waals surface area (Å²) in [7, 11) is 6.05. The molecule has 2 atom stereocenters. The molecule has 0 aromatic heterocycles. The molecule has 0 fully saturated rings. The summed E-state index contributed by atoms with van der Waals surface area (Å²) in [5, 5.41) is 0.